The Morgan fingerprint density at radius 1 is 1.11 bits per heavy atom. The van der Waals surface area contributed by atoms with E-state index in [2.05, 4.69) is 45.0 Å². The summed E-state index contributed by atoms with van der Waals surface area (Å²) in [4.78, 5) is 2.76. The Hall–Kier alpha value is -0.0800. The topological polar surface area (TPSA) is 15.3 Å². The minimum Gasteiger partial charge on any atom is -0.315 e. The van der Waals surface area contributed by atoms with E-state index in [1.165, 1.54) is 51.6 Å². The average Bonchev–Trinajstić information content (AvgIpc) is 2.48. The number of likely N-dealkylation sites (N-methyl/N-ethyl adjacent to an activating group) is 2. The standard InChI is InChI=1S/C17H36N2/c1-6-14(7-2)13-19(9-4)17-12-15(8-3)10-11-16(17)18-5/h14-18H,6-13H2,1-5H3. The lowest BCUT2D eigenvalue weighted by Crippen LogP contribution is -2.53. The molecule has 1 aliphatic carbocycles. The highest BCUT2D eigenvalue weighted by Gasteiger charge is 2.32. The monoisotopic (exact) mass is 268 g/mol. The van der Waals surface area contributed by atoms with Crippen LogP contribution in [0.2, 0.25) is 0 Å². The number of nitrogens with zero attached hydrogens (tertiary/aromatic N) is 1. The maximum absolute atomic E-state index is 3.58. The predicted molar refractivity (Wildman–Crippen MR) is 85.6 cm³/mol. The maximum atomic E-state index is 3.58. The number of hydrogen-bond donors (Lipinski definition) is 1. The summed E-state index contributed by atoms with van der Waals surface area (Å²) in [7, 11) is 2.15. The summed E-state index contributed by atoms with van der Waals surface area (Å²) in [5, 5.41) is 3.58. The summed E-state index contributed by atoms with van der Waals surface area (Å²) < 4.78 is 0. The molecular formula is C17H36N2. The Morgan fingerprint density at radius 3 is 2.26 bits per heavy atom. The smallest absolute Gasteiger partial charge is 0.0251 e. The van der Waals surface area contributed by atoms with Crippen LogP contribution in [0.25, 0.3) is 0 Å². The molecule has 1 fully saturated rings. The van der Waals surface area contributed by atoms with Crippen molar-refractivity contribution in [2.75, 3.05) is 20.1 Å². The third-order valence-electron chi connectivity index (χ3n) is 5.40. The van der Waals surface area contributed by atoms with Crippen molar-refractivity contribution < 1.29 is 0 Å². The summed E-state index contributed by atoms with van der Waals surface area (Å²) in [5.74, 6) is 1.82. The van der Waals surface area contributed by atoms with Crippen molar-refractivity contribution >= 4 is 0 Å². The summed E-state index contributed by atoms with van der Waals surface area (Å²) in [6, 6.07) is 1.46. The lowest BCUT2D eigenvalue weighted by molar-refractivity contribution is 0.0867. The lowest BCUT2D eigenvalue weighted by Gasteiger charge is -2.43. The van der Waals surface area contributed by atoms with Crippen molar-refractivity contribution in [2.45, 2.75) is 78.3 Å². The summed E-state index contributed by atoms with van der Waals surface area (Å²) in [6.07, 6.45) is 8.17. The van der Waals surface area contributed by atoms with Gasteiger partial charge in [0.15, 0.2) is 0 Å². The fraction of sp³-hybridized carbons (Fsp3) is 1.00. The Bertz CT molecular complexity index is 225. The van der Waals surface area contributed by atoms with E-state index in [4.69, 9.17) is 0 Å². The third kappa shape index (κ3) is 4.75. The molecule has 0 amide bonds. The molecule has 0 bridgehead atoms. The highest BCUT2D eigenvalue weighted by atomic mass is 15.2. The summed E-state index contributed by atoms with van der Waals surface area (Å²) in [6.45, 7) is 11.9. The highest BCUT2D eigenvalue weighted by Crippen LogP contribution is 2.30. The SMILES string of the molecule is CCC1CCC(NC)C(N(CC)CC(CC)CC)C1. The fourth-order valence-corrected chi connectivity index (χ4v) is 3.72. The molecule has 1 aliphatic rings. The van der Waals surface area contributed by atoms with Crippen LogP contribution in [-0.4, -0.2) is 37.1 Å². The van der Waals surface area contributed by atoms with E-state index in [9.17, 15) is 0 Å². The first-order valence-corrected chi connectivity index (χ1v) is 8.61. The largest absolute Gasteiger partial charge is 0.315 e. The van der Waals surface area contributed by atoms with Crippen LogP contribution in [0.15, 0.2) is 0 Å². The Morgan fingerprint density at radius 2 is 1.79 bits per heavy atom. The molecule has 0 aliphatic heterocycles. The van der Waals surface area contributed by atoms with E-state index in [-0.39, 0.29) is 0 Å². The number of hydrogen-bond acceptors (Lipinski definition) is 2. The van der Waals surface area contributed by atoms with Crippen molar-refractivity contribution in [3.8, 4) is 0 Å². The van der Waals surface area contributed by atoms with Crippen LogP contribution in [0.3, 0.4) is 0 Å². The van der Waals surface area contributed by atoms with Crippen molar-refractivity contribution in [3.63, 3.8) is 0 Å². The zero-order chi connectivity index (χ0) is 14.3. The molecule has 0 aromatic carbocycles. The second kappa shape index (κ2) is 8.97. The zero-order valence-corrected chi connectivity index (χ0v) is 13.9. The van der Waals surface area contributed by atoms with Gasteiger partial charge in [-0.15, -0.1) is 0 Å². The van der Waals surface area contributed by atoms with E-state index in [1.54, 1.807) is 0 Å². The molecule has 1 saturated carbocycles. The average molecular weight is 268 g/mol. The predicted octanol–water partition coefficient (Wildman–Crippen LogP) is 3.91. The van der Waals surface area contributed by atoms with Gasteiger partial charge in [-0.1, -0.05) is 47.0 Å². The number of rotatable bonds is 8. The second-order valence-corrected chi connectivity index (χ2v) is 6.32. The quantitative estimate of drug-likeness (QED) is 0.718. The van der Waals surface area contributed by atoms with Crippen molar-refractivity contribution in [2.24, 2.45) is 11.8 Å². The molecule has 2 heteroatoms. The van der Waals surface area contributed by atoms with Gasteiger partial charge in [-0.3, -0.25) is 4.90 Å². The van der Waals surface area contributed by atoms with Crippen LogP contribution in [0.1, 0.15) is 66.2 Å². The highest BCUT2D eigenvalue weighted by molar-refractivity contribution is 4.90. The molecular weight excluding hydrogens is 232 g/mol. The maximum Gasteiger partial charge on any atom is 0.0251 e. The molecule has 19 heavy (non-hydrogen) atoms. The van der Waals surface area contributed by atoms with Gasteiger partial charge in [0.1, 0.15) is 0 Å². The van der Waals surface area contributed by atoms with Crippen LogP contribution in [0.4, 0.5) is 0 Å². The van der Waals surface area contributed by atoms with Gasteiger partial charge < -0.3 is 5.32 Å². The number of nitrogens with one attached hydrogen (secondary N) is 1. The van der Waals surface area contributed by atoms with Gasteiger partial charge in [-0.25, -0.2) is 0 Å². The van der Waals surface area contributed by atoms with Crippen LogP contribution < -0.4 is 5.32 Å². The molecule has 3 atom stereocenters. The van der Waals surface area contributed by atoms with Gasteiger partial charge >= 0.3 is 0 Å². The molecule has 0 heterocycles. The molecule has 1 rings (SSSR count). The molecule has 2 nitrogen and oxygen atoms in total. The van der Waals surface area contributed by atoms with Crippen molar-refractivity contribution in [1.82, 2.24) is 10.2 Å². The minimum atomic E-state index is 0.706. The first-order chi connectivity index (χ1) is 9.19. The molecule has 0 saturated heterocycles. The molecule has 0 spiro atoms. The Kier molecular flexibility index (Phi) is 8.01. The van der Waals surface area contributed by atoms with Gasteiger partial charge in [0, 0.05) is 18.6 Å². The van der Waals surface area contributed by atoms with E-state index < -0.39 is 0 Å². The normalized spacial score (nSPS) is 28.3. The molecule has 0 aromatic heterocycles. The van der Waals surface area contributed by atoms with E-state index in [0.717, 1.165) is 17.9 Å². The first-order valence-electron chi connectivity index (χ1n) is 8.61. The van der Waals surface area contributed by atoms with E-state index >= 15 is 0 Å². The van der Waals surface area contributed by atoms with E-state index in [0.29, 0.717) is 6.04 Å². The second-order valence-electron chi connectivity index (χ2n) is 6.32. The molecule has 114 valence electrons. The van der Waals surface area contributed by atoms with Crippen molar-refractivity contribution in [3.05, 3.63) is 0 Å². The van der Waals surface area contributed by atoms with Crippen molar-refractivity contribution in [1.29, 1.82) is 0 Å². The third-order valence-corrected chi connectivity index (χ3v) is 5.40. The van der Waals surface area contributed by atoms with Gasteiger partial charge in [0.2, 0.25) is 0 Å². The summed E-state index contributed by atoms with van der Waals surface area (Å²) in [5.41, 5.74) is 0. The Balaban J connectivity index is 2.68. The van der Waals surface area contributed by atoms with Gasteiger partial charge in [-0.2, -0.15) is 0 Å². The van der Waals surface area contributed by atoms with Gasteiger partial charge in [-0.05, 0) is 44.7 Å². The Labute approximate surface area is 121 Å². The van der Waals surface area contributed by atoms with Gasteiger partial charge in [0.25, 0.3) is 0 Å². The summed E-state index contributed by atoms with van der Waals surface area (Å²) >= 11 is 0. The molecule has 3 unspecified atom stereocenters. The molecule has 0 aromatic rings. The van der Waals surface area contributed by atoms with E-state index in [1.807, 2.05) is 0 Å². The van der Waals surface area contributed by atoms with Crippen LogP contribution >= 0.6 is 0 Å². The van der Waals surface area contributed by atoms with Crippen LogP contribution in [0.5, 0.6) is 0 Å². The molecule has 1 N–H and O–H groups in total. The van der Waals surface area contributed by atoms with Crippen LogP contribution in [-0.2, 0) is 0 Å². The minimum absolute atomic E-state index is 0.706. The lowest BCUT2D eigenvalue weighted by atomic mass is 9.80. The molecule has 0 radical (unpaired) electrons. The van der Waals surface area contributed by atoms with Gasteiger partial charge in [0.05, 0.1) is 0 Å². The van der Waals surface area contributed by atoms with Crippen LogP contribution in [0, 0.1) is 11.8 Å². The first kappa shape index (κ1) is 17.0. The fourth-order valence-electron chi connectivity index (χ4n) is 3.72. The zero-order valence-electron chi connectivity index (χ0n) is 13.9.